The van der Waals surface area contributed by atoms with E-state index in [1.165, 1.54) is 23.6 Å². The first-order valence-electron chi connectivity index (χ1n) is 11.4. The third kappa shape index (κ3) is 8.75. The number of hydrogen-bond donors (Lipinski definition) is 5. The maximum atomic E-state index is 13.3. The Morgan fingerprint density at radius 3 is 2.17 bits per heavy atom. The number of likely N-dealkylation sites (tertiary alicyclic amines) is 1. The van der Waals surface area contributed by atoms with Gasteiger partial charge in [-0.15, -0.1) is 0 Å². The van der Waals surface area contributed by atoms with Gasteiger partial charge in [-0.1, -0.05) is 0 Å². The number of nitrogens with zero attached hydrogens (tertiary/aromatic N) is 2. The van der Waals surface area contributed by atoms with Crippen molar-refractivity contribution < 1.29 is 38.9 Å². The van der Waals surface area contributed by atoms with Crippen LogP contribution in [0.25, 0.3) is 0 Å². The maximum absolute atomic E-state index is 13.3. The number of amides is 4. The number of aliphatic hydroxyl groups excluding tert-OH is 2. The van der Waals surface area contributed by atoms with Crippen molar-refractivity contribution in [3.63, 3.8) is 0 Å². The number of alkyl carbamates (subject to hydrolysis) is 1. The van der Waals surface area contributed by atoms with Gasteiger partial charge in [0.2, 0.25) is 17.7 Å². The van der Waals surface area contributed by atoms with E-state index in [9.17, 15) is 34.2 Å². The third-order valence-corrected chi connectivity index (χ3v) is 5.50. The first-order chi connectivity index (χ1) is 16.0. The Hall–Kier alpha value is -2.77. The van der Waals surface area contributed by atoms with Gasteiger partial charge in [-0.2, -0.15) is 0 Å². The fourth-order valence-corrected chi connectivity index (χ4v) is 3.96. The standard InChI is InChI=1S/C22H39N5O8/c1-13(29)16(18(23)32)24-15(31)10-26(6)11-22(12-28)8-7-9-27(22)19(33)17(14(2)30)25-20(34)35-21(3,4)5/h12-14,16-17,29-30H,7-11H2,1-6H3,(H2,23,32)(H,24,31)(H,25,34). The van der Waals surface area contributed by atoms with Crippen LogP contribution in [0, 0.1) is 0 Å². The zero-order chi connectivity index (χ0) is 27.1. The minimum Gasteiger partial charge on any atom is -0.444 e. The second kappa shape index (κ2) is 12.3. The normalized spacial score (nSPS) is 21.6. The first kappa shape index (κ1) is 30.3. The van der Waals surface area contributed by atoms with Crippen LogP contribution in [0.4, 0.5) is 4.79 Å². The highest BCUT2D eigenvalue weighted by atomic mass is 16.6. The van der Waals surface area contributed by atoms with Gasteiger partial charge in [0.05, 0.1) is 18.8 Å². The summed E-state index contributed by atoms with van der Waals surface area (Å²) in [5.41, 5.74) is 3.07. The molecule has 0 aromatic rings. The summed E-state index contributed by atoms with van der Waals surface area (Å²) >= 11 is 0. The molecule has 5 unspecified atom stereocenters. The van der Waals surface area contributed by atoms with Gasteiger partial charge in [-0.25, -0.2) is 4.79 Å². The molecule has 0 spiro atoms. The molecule has 5 atom stereocenters. The van der Waals surface area contributed by atoms with Crippen LogP contribution in [0.1, 0.15) is 47.5 Å². The van der Waals surface area contributed by atoms with Gasteiger partial charge in [0.25, 0.3) is 0 Å². The number of primary amides is 1. The summed E-state index contributed by atoms with van der Waals surface area (Å²) in [6.07, 6.45) is -1.92. The van der Waals surface area contributed by atoms with Crippen molar-refractivity contribution >= 4 is 30.1 Å². The fraction of sp³-hybridized carbons (Fsp3) is 0.773. The number of nitrogens with one attached hydrogen (secondary N) is 2. The van der Waals surface area contributed by atoms with Gasteiger partial charge in [0, 0.05) is 13.1 Å². The zero-order valence-corrected chi connectivity index (χ0v) is 21.2. The minimum atomic E-state index is -1.35. The molecule has 13 nitrogen and oxygen atoms in total. The van der Waals surface area contributed by atoms with Gasteiger partial charge in [-0.3, -0.25) is 19.3 Å². The Morgan fingerprint density at radius 1 is 1.14 bits per heavy atom. The summed E-state index contributed by atoms with van der Waals surface area (Å²) in [6.45, 7) is 7.56. The highest BCUT2D eigenvalue weighted by molar-refractivity contribution is 5.90. The average Bonchev–Trinajstić information content (AvgIpc) is 3.11. The molecule has 0 saturated carbocycles. The lowest BCUT2D eigenvalue weighted by molar-refractivity contribution is -0.144. The van der Waals surface area contributed by atoms with E-state index < -0.39 is 59.2 Å². The van der Waals surface area contributed by atoms with E-state index in [4.69, 9.17) is 10.5 Å². The minimum absolute atomic E-state index is 0.0233. The molecule has 1 saturated heterocycles. The van der Waals surface area contributed by atoms with Gasteiger partial charge >= 0.3 is 6.09 Å². The molecule has 0 aromatic heterocycles. The fourth-order valence-electron chi connectivity index (χ4n) is 3.96. The molecule has 35 heavy (non-hydrogen) atoms. The first-order valence-corrected chi connectivity index (χ1v) is 11.4. The molecule has 200 valence electrons. The molecule has 1 fully saturated rings. The van der Waals surface area contributed by atoms with Crippen molar-refractivity contribution in [2.45, 2.75) is 82.9 Å². The molecule has 1 rings (SSSR count). The number of ether oxygens (including phenoxy) is 1. The van der Waals surface area contributed by atoms with E-state index in [1.807, 2.05) is 0 Å². The molecule has 0 aliphatic carbocycles. The van der Waals surface area contributed by atoms with Crippen molar-refractivity contribution in [1.29, 1.82) is 0 Å². The highest BCUT2D eigenvalue weighted by Crippen LogP contribution is 2.29. The van der Waals surface area contributed by atoms with Crippen molar-refractivity contribution in [3.05, 3.63) is 0 Å². The molecule has 0 radical (unpaired) electrons. The summed E-state index contributed by atoms with van der Waals surface area (Å²) in [7, 11) is 1.55. The predicted octanol–water partition coefficient (Wildman–Crippen LogP) is -1.90. The number of nitrogens with two attached hydrogens (primary N) is 1. The third-order valence-electron chi connectivity index (χ3n) is 5.50. The number of carbonyl (C=O) groups is 5. The molecule has 4 amide bonds. The monoisotopic (exact) mass is 501 g/mol. The number of aldehydes is 1. The van der Waals surface area contributed by atoms with Crippen molar-refractivity contribution in [3.8, 4) is 0 Å². The van der Waals surface area contributed by atoms with E-state index in [0.29, 0.717) is 19.1 Å². The second-order valence-electron chi connectivity index (χ2n) is 10.0. The highest BCUT2D eigenvalue weighted by Gasteiger charge is 2.47. The molecule has 13 heteroatoms. The largest absolute Gasteiger partial charge is 0.444 e. The molecular formula is C22H39N5O8. The van der Waals surface area contributed by atoms with Crippen molar-refractivity contribution in [2.24, 2.45) is 5.73 Å². The summed E-state index contributed by atoms with van der Waals surface area (Å²) in [6, 6.07) is -2.62. The summed E-state index contributed by atoms with van der Waals surface area (Å²) in [5.74, 6) is -2.16. The van der Waals surface area contributed by atoms with Crippen LogP contribution in [0.15, 0.2) is 0 Å². The Morgan fingerprint density at radius 2 is 1.71 bits per heavy atom. The SMILES string of the molecule is CC(O)C(NC(=O)CN(C)CC1(C=O)CCCN1C(=O)C(NC(=O)OC(C)(C)C)C(C)O)C(N)=O. The molecule has 1 aliphatic heterocycles. The van der Waals surface area contributed by atoms with Crippen molar-refractivity contribution in [2.75, 3.05) is 26.7 Å². The maximum Gasteiger partial charge on any atom is 0.408 e. The van der Waals surface area contributed by atoms with Crippen LogP contribution < -0.4 is 16.4 Å². The lowest BCUT2D eigenvalue weighted by Gasteiger charge is -2.39. The van der Waals surface area contributed by atoms with Crippen LogP contribution in [-0.4, -0.2) is 112 Å². The van der Waals surface area contributed by atoms with Crippen LogP contribution in [0.2, 0.25) is 0 Å². The summed E-state index contributed by atoms with van der Waals surface area (Å²) in [5, 5.41) is 24.5. The summed E-state index contributed by atoms with van der Waals surface area (Å²) < 4.78 is 5.18. The molecule has 6 N–H and O–H groups in total. The Kier molecular flexibility index (Phi) is 10.6. The Balaban J connectivity index is 2.97. The Labute approximate surface area is 205 Å². The van der Waals surface area contributed by atoms with E-state index in [1.54, 1.807) is 27.8 Å². The number of likely N-dealkylation sites (N-methyl/N-ethyl adjacent to an activating group) is 1. The van der Waals surface area contributed by atoms with Crippen molar-refractivity contribution in [1.82, 2.24) is 20.4 Å². The van der Waals surface area contributed by atoms with Crippen LogP contribution in [0.5, 0.6) is 0 Å². The number of rotatable bonds is 11. The molecule has 1 aliphatic rings. The smallest absolute Gasteiger partial charge is 0.408 e. The van der Waals surface area contributed by atoms with Gasteiger partial charge in [0.1, 0.15) is 29.5 Å². The number of hydrogen-bond acceptors (Lipinski definition) is 9. The zero-order valence-electron chi connectivity index (χ0n) is 21.2. The molecule has 0 aromatic carbocycles. The van der Waals surface area contributed by atoms with E-state index in [-0.39, 0.29) is 19.6 Å². The van der Waals surface area contributed by atoms with E-state index in [0.717, 1.165) is 0 Å². The van der Waals surface area contributed by atoms with Crippen LogP contribution in [-0.2, 0) is 23.9 Å². The van der Waals surface area contributed by atoms with Gasteiger partial charge in [-0.05, 0) is 54.5 Å². The molecule has 0 bridgehead atoms. The average molecular weight is 502 g/mol. The number of carbonyl (C=O) groups excluding carboxylic acids is 5. The predicted molar refractivity (Wildman–Crippen MR) is 125 cm³/mol. The van der Waals surface area contributed by atoms with E-state index >= 15 is 0 Å². The van der Waals surface area contributed by atoms with Crippen LogP contribution >= 0.6 is 0 Å². The lowest BCUT2D eigenvalue weighted by Crippen LogP contribution is -2.62. The quantitative estimate of drug-likeness (QED) is 0.201. The van der Waals surface area contributed by atoms with E-state index in [2.05, 4.69) is 10.6 Å². The molecule has 1 heterocycles. The van der Waals surface area contributed by atoms with Gasteiger partial charge in [0.15, 0.2) is 0 Å². The topological polar surface area (TPSA) is 192 Å². The van der Waals surface area contributed by atoms with Crippen LogP contribution in [0.3, 0.4) is 0 Å². The van der Waals surface area contributed by atoms with Gasteiger partial charge < -0.3 is 41.0 Å². The molecular weight excluding hydrogens is 462 g/mol. The lowest BCUT2D eigenvalue weighted by atomic mass is 9.96. The number of aliphatic hydroxyl groups is 2. The summed E-state index contributed by atoms with van der Waals surface area (Å²) in [4.78, 5) is 64.3. The second-order valence-corrected chi connectivity index (χ2v) is 10.0. The Bertz CT molecular complexity index is 797.